The number of benzene rings is 2. The summed E-state index contributed by atoms with van der Waals surface area (Å²) in [5, 5.41) is 6.04. The lowest BCUT2D eigenvalue weighted by atomic mass is 10.1. The maximum atomic E-state index is 11.5. The standard InChI is InChI=1S/C16H17BrN2O/c1-18-16(20)10-12-6-3-5-9-15(12)19-11-13-7-2-4-8-14(13)17/h2-9,19H,10-11H2,1H3,(H,18,20). The second-order valence-corrected chi connectivity index (χ2v) is 5.31. The van der Waals surface area contributed by atoms with Gasteiger partial charge in [0.05, 0.1) is 6.42 Å². The minimum Gasteiger partial charge on any atom is -0.381 e. The monoisotopic (exact) mass is 332 g/mol. The Kier molecular flexibility index (Phi) is 5.18. The third kappa shape index (κ3) is 3.84. The van der Waals surface area contributed by atoms with Gasteiger partial charge in [0.25, 0.3) is 0 Å². The Balaban J connectivity index is 2.10. The fourth-order valence-electron chi connectivity index (χ4n) is 1.94. The number of nitrogens with one attached hydrogen (secondary N) is 2. The van der Waals surface area contributed by atoms with Gasteiger partial charge < -0.3 is 10.6 Å². The molecule has 0 aliphatic carbocycles. The predicted octanol–water partition coefficient (Wildman–Crippen LogP) is 3.35. The molecule has 0 heterocycles. The number of anilines is 1. The van der Waals surface area contributed by atoms with Gasteiger partial charge in [-0.1, -0.05) is 52.3 Å². The van der Waals surface area contributed by atoms with Crippen molar-refractivity contribution in [3.63, 3.8) is 0 Å². The van der Waals surface area contributed by atoms with Gasteiger partial charge in [-0.15, -0.1) is 0 Å². The molecule has 2 N–H and O–H groups in total. The normalized spacial score (nSPS) is 10.1. The highest BCUT2D eigenvalue weighted by molar-refractivity contribution is 9.10. The molecule has 0 saturated heterocycles. The van der Waals surface area contributed by atoms with Gasteiger partial charge in [0, 0.05) is 23.8 Å². The van der Waals surface area contributed by atoms with E-state index in [1.165, 1.54) is 5.56 Å². The Morgan fingerprint density at radius 2 is 1.70 bits per heavy atom. The van der Waals surface area contributed by atoms with Crippen LogP contribution in [0.25, 0.3) is 0 Å². The number of hydrogen-bond donors (Lipinski definition) is 2. The van der Waals surface area contributed by atoms with Crippen LogP contribution in [0.15, 0.2) is 53.0 Å². The Hall–Kier alpha value is -1.81. The Bertz CT molecular complexity index is 599. The van der Waals surface area contributed by atoms with Crippen LogP contribution in [0.5, 0.6) is 0 Å². The molecule has 3 nitrogen and oxygen atoms in total. The van der Waals surface area contributed by atoms with E-state index in [2.05, 4.69) is 32.6 Å². The number of likely N-dealkylation sites (N-methyl/N-ethyl adjacent to an activating group) is 1. The Morgan fingerprint density at radius 1 is 1.05 bits per heavy atom. The molecule has 2 aromatic carbocycles. The summed E-state index contributed by atoms with van der Waals surface area (Å²) < 4.78 is 1.08. The lowest BCUT2D eigenvalue weighted by molar-refractivity contribution is -0.119. The number of rotatable bonds is 5. The zero-order chi connectivity index (χ0) is 14.4. The molecule has 0 radical (unpaired) electrons. The van der Waals surface area contributed by atoms with Crippen LogP contribution in [-0.4, -0.2) is 13.0 Å². The summed E-state index contributed by atoms with van der Waals surface area (Å²) in [6.45, 7) is 0.714. The van der Waals surface area contributed by atoms with E-state index in [-0.39, 0.29) is 5.91 Å². The fraction of sp³-hybridized carbons (Fsp3) is 0.188. The summed E-state index contributed by atoms with van der Waals surface area (Å²) in [6.07, 6.45) is 0.385. The quantitative estimate of drug-likeness (QED) is 0.881. The van der Waals surface area contributed by atoms with Crippen LogP contribution in [0.3, 0.4) is 0 Å². The van der Waals surface area contributed by atoms with E-state index in [0.29, 0.717) is 13.0 Å². The molecule has 0 unspecified atom stereocenters. The molecule has 20 heavy (non-hydrogen) atoms. The SMILES string of the molecule is CNC(=O)Cc1ccccc1NCc1ccccc1Br. The Morgan fingerprint density at radius 3 is 2.40 bits per heavy atom. The van der Waals surface area contributed by atoms with Gasteiger partial charge in [-0.3, -0.25) is 4.79 Å². The summed E-state index contributed by atoms with van der Waals surface area (Å²) in [5.74, 6) is 0.0140. The molecule has 4 heteroatoms. The lowest BCUT2D eigenvalue weighted by Gasteiger charge is -2.12. The van der Waals surface area contributed by atoms with Gasteiger partial charge in [-0.25, -0.2) is 0 Å². The Labute approximate surface area is 127 Å². The lowest BCUT2D eigenvalue weighted by Crippen LogP contribution is -2.20. The highest BCUT2D eigenvalue weighted by Crippen LogP contribution is 2.20. The molecular formula is C16H17BrN2O. The first kappa shape index (κ1) is 14.6. The van der Waals surface area contributed by atoms with E-state index in [4.69, 9.17) is 0 Å². The van der Waals surface area contributed by atoms with E-state index in [1.54, 1.807) is 7.05 Å². The number of carbonyl (C=O) groups excluding carboxylic acids is 1. The maximum absolute atomic E-state index is 11.5. The van der Waals surface area contributed by atoms with Gasteiger partial charge in [-0.05, 0) is 23.3 Å². The van der Waals surface area contributed by atoms with Crippen LogP contribution in [-0.2, 0) is 17.8 Å². The van der Waals surface area contributed by atoms with Gasteiger partial charge in [0.1, 0.15) is 0 Å². The van der Waals surface area contributed by atoms with Gasteiger partial charge in [0.2, 0.25) is 5.91 Å². The number of amides is 1. The summed E-state index contributed by atoms with van der Waals surface area (Å²) in [4.78, 5) is 11.5. The van der Waals surface area contributed by atoms with E-state index >= 15 is 0 Å². The molecule has 0 aromatic heterocycles. The topological polar surface area (TPSA) is 41.1 Å². The zero-order valence-corrected chi connectivity index (χ0v) is 12.9. The van der Waals surface area contributed by atoms with Crippen LogP contribution < -0.4 is 10.6 Å². The van der Waals surface area contributed by atoms with Crippen LogP contribution >= 0.6 is 15.9 Å². The van der Waals surface area contributed by atoms with Crippen molar-refractivity contribution in [2.24, 2.45) is 0 Å². The molecule has 2 aromatic rings. The van der Waals surface area contributed by atoms with Crippen molar-refractivity contribution in [2.75, 3.05) is 12.4 Å². The average Bonchev–Trinajstić information content (AvgIpc) is 2.47. The molecular weight excluding hydrogens is 316 g/mol. The van der Waals surface area contributed by atoms with Crippen molar-refractivity contribution < 1.29 is 4.79 Å². The van der Waals surface area contributed by atoms with Crippen molar-refractivity contribution >= 4 is 27.5 Å². The van der Waals surface area contributed by atoms with Crippen LogP contribution in [0.1, 0.15) is 11.1 Å². The smallest absolute Gasteiger partial charge is 0.224 e. The first-order valence-corrected chi connectivity index (χ1v) is 7.26. The summed E-state index contributed by atoms with van der Waals surface area (Å²) in [6, 6.07) is 16.0. The van der Waals surface area contributed by atoms with E-state index in [9.17, 15) is 4.79 Å². The number of hydrogen-bond acceptors (Lipinski definition) is 2. The van der Waals surface area contributed by atoms with Crippen LogP contribution in [0.4, 0.5) is 5.69 Å². The highest BCUT2D eigenvalue weighted by atomic mass is 79.9. The average molecular weight is 333 g/mol. The molecule has 0 aliphatic rings. The molecule has 2 rings (SSSR count). The van der Waals surface area contributed by atoms with Crippen LogP contribution in [0, 0.1) is 0 Å². The fourth-order valence-corrected chi connectivity index (χ4v) is 2.37. The maximum Gasteiger partial charge on any atom is 0.224 e. The first-order valence-electron chi connectivity index (χ1n) is 6.46. The number of para-hydroxylation sites is 1. The van der Waals surface area contributed by atoms with Crippen molar-refractivity contribution in [1.29, 1.82) is 0 Å². The second kappa shape index (κ2) is 7.10. The highest BCUT2D eigenvalue weighted by Gasteiger charge is 2.06. The first-order chi connectivity index (χ1) is 9.70. The van der Waals surface area contributed by atoms with Gasteiger partial charge in [-0.2, -0.15) is 0 Å². The van der Waals surface area contributed by atoms with Crippen molar-refractivity contribution in [2.45, 2.75) is 13.0 Å². The molecule has 0 spiro atoms. The predicted molar refractivity (Wildman–Crippen MR) is 85.7 cm³/mol. The summed E-state index contributed by atoms with van der Waals surface area (Å²) in [7, 11) is 1.65. The van der Waals surface area contributed by atoms with E-state index in [0.717, 1.165) is 15.7 Å². The number of carbonyl (C=O) groups is 1. The third-order valence-electron chi connectivity index (χ3n) is 3.07. The molecule has 0 fully saturated rings. The van der Waals surface area contributed by atoms with E-state index < -0.39 is 0 Å². The molecule has 104 valence electrons. The summed E-state index contributed by atoms with van der Waals surface area (Å²) in [5.41, 5.74) is 3.17. The molecule has 0 aliphatic heterocycles. The summed E-state index contributed by atoms with van der Waals surface area (Å²) >= 11 is 3.54. The molecule has 0 bridgehead atoms. The number of halogens is 1. The van der Waals surface area contributed by atoms with Crippen molar-refractivity contribution in [3.8, 4) is 0 Å². The second-order valence-electron chi connectivity index (χ2n) is 4.45. The third-order valence-corrected chi connectivity index (χ3v) is 3.85. The molecule has 0 saturated carbocycles. The largest absolute Gasteiger partial charge is 0.381 e. The minimum atomic E-state index is 0.0140. The van der Waals surface area contributed by atoms with E-state index in [1.807, 2.05) is 42.5 Å². The minimum absolute atomic E-state index is 0.0140. The zero-order valence-electron chi connectivity index (χ0n) is 11.3. The van der Waals surface area contributed by atoms with Crippen molar-refractivity contribution in [3.05, 3.63) is 64.1 Å². The van der Waals surface area contributed by atoms with Crippen molar-refractivity contribution in [1.82, 2.24) is 5.32 Å². The van der Waals surface area contributed by atoms with Gasteiger partial charge in [0.15, 0.2) is 0 Å². The van der Waals surface area contributed by atoms with Crippen LogP contribution in [0.2, 0.25) is 0 Å². The molecule has 1 amide bonds. The molecule has 0 atom stereocenters. The van der Waals surface area contributed by atoms with Gasteiger partial charge >= 0.3 is 0 Å².